The summed E-state index contributed by atoms with van der Waals surface area (Å²) < 4.78 is 0. The molecule has 1 heterocycles. The van der Waals surface area contributed by atoms with Crippen LogP contribution in [0.5, 0.6) is 0 Å². The summed E-state index contributed by atoms with van der Waals surface area (Å²) in [5.74, 6) is 0.0482. The number of benzene rings is 1. The van der Waals surface area contributed by atoms with Crippen molar-refractivity contribution in [3.8, 4) is 0 Å². The zero-order valence-corrected chi connectivity index (χ0v) is 10.7. The average molecular weight is 247 g/mol. The number of likely N-dealkylation sites (tertiary alicyclic amines) is 1. The summed E-state index contributed by atoms with van der Waals surface area (Å²) >= 11 is 0. The Bertz CT molecular complexity index is 400. The first-order chi connectivity index (χ1) is 8.75. The number of carbonyl (C=O) groups is 1. The summed E-state index contributed by atoms with van der Waals surface area (Å²) in [6.45, 7) is 4.02. The fraction of sp³-hybridized carbons (Fsp3) is 0.500. The highest BCUT2D eigenvalue weighted by Crippen LogP contribution is 2.10. The first-order valence-corrected chi connectivity index (χ1v) is 6.58. The largest absolute Gasteiger partial charge is 0.398 e. The molecule has 0 unspecified atom stereocenters. The topological polar surface area (TPSA) is 58.4 Å². The number of hydrogen-bond acceptors (Lipinski definition) is 3. The summed E-state index contributed by atoms with van der Waals surface area (Å²) in [5, 5.41) is 2.95. The van der Waals surface area contributed by atoms with Crippen molar-refractivity contribution >= 4 is 11.6 Å². The molecule has 0 saturated carbocycles. The van der Waals surface area contributed by atoms with Gasteiger partial charge in [-0.15, -0.1) is 0 Å². The summed E-state index contributed by atoms with van der Waals surface area (Å²) in [4.78, 5) is 14.1. The second-order valence-electron chi connectivity index (χ2n) is 4.77. The van der Waals surface area contributed by atoms with Crippen LogP contribution >= 0.6 is 0 Å². The highest BCUT2D eigenvalue weighted by molar-refractivity contribution is 5.80. The van der Waals surface area contributed by atoms with Gasteiger partial charge in [-0.2, -0.15) is 0 Å². The Morgan fingerprint density at radius 2 is 2.00 bits per heavy atom. The van der Waals surface area contributed by atoms with Crippen molar-refractivity contribution in [1.82, 2.24) is 10.2 Å². The van der Waals surface area contributed by atoms with Crippen molar-refractivity contribution in [2.45, 2.75) is 19.3 Å². The van der Waals surface area contributed by atoms with E-state index in [0.717, 1.165) is 18.7 Å². The van der Waals surface area contributed by atoms with Gasteiger partial charge in [-0.1, -0.05) is 18.2 Å². The van der Waals surface area contributed by atoms with Crippen LogP contribution in [0.4, 0.5) is 5.69 Å². The average Bonchev–Trinajstić information content (AvgIpc) is 2.85. The Balaban J connectivity index is 1.70. The number of hydrogen-bond donors (Lipinski definition) is 2. The molecule has 1 aromatic carbocycles. The maximum atomic E-state index is 11.8. The Hall–Kier alpha value is -1.55. The molecule has 4 nitrogen and oxygen atoms in total. The molecule has 1 aromatic rings. The van der Waals surface area contributed by atoms with Crippen LogP contribution in [0, 0.1) is 0 Å². The van der Waals surface area contributed by atoms with Gasteiger partial charge in [0.2, 0.25) is 5.91 Å². The Kier molecular flexibility index (Phi) is 4.59. The van der Waals surface area contributed by atoms with Gasteiger partial charge in [0.1, 0.15) is 0 Å². The van der Waals surface area contributed by atoms with Crippen molar-refractivity contribution in [2.75, 3.05) is 31.9 Å². The number of para-hydroxylation sites is 1. The van der Waals surface area contributed by atoms with E-state index in [1.54, 1.807) is 0 Å². The van der Waals surface area contributed by atoms with Gasteiger partial charge >= 0.3 is 0 Å². The van der Waals surface area contributed by atoms with E-state index in [1.807, 2.05) is 24.3 Å². The molecule has 3 N–H and O–H groups in total. The lowest BCUT2D eigenvalue weighted by molar-refractivity contribution is -0.120. The number of nitrogens with one attached hydrogen (secondary N) is 1. The van der Waals surface area contributed by atoms with E-state index >= 15 is 0 Å². The highest BCUT2D eigenvalue weighted by atomic mass is 16.1. The van der Waals surface area contributed by atoms with Crippen LogP contribution in [0.25, 0.3) is 0 Å². The summed E-state index contributed by atoms with van der Waals surface area (Å²) in [6, 6.07) is 7.51. The zero-order valence-electron chi connectivity index (χ0n) is 10.7. The molecule has 0 aromatic heterocycles. The Morgan fingerprint density at radius 1 is 1.28 bits per heavy atom. The lowest BCUT2D eigenvalue weighted by Gasteiger charge is -2.14. The molecule has 0 aliphatic carbocycles. The van der Waals surface area contributed by atoms with Gasteiger partial charge in [-0.05, 0) is 37.6 Å². The third-order valence-electron chi connectivity index (χ3n) is 3.35. The minimum atomic E-state index is 0.0482. The second kappa shape index (κ2) is 6.40. The van der Waals surface area contributed by atoms with Gasteiger partial charge in [-0.3, -0.25) is 4.79 Å². The maximum absolute atomic E-state index is 11.8. The quantitative estimate of drug-likeness (QED) is 0.764. The number of rotatable bonds is 5. The highest BCUT2D eigenvalue weighted by Gasteiger charge is 2.11. The standard InChI is InChI=1S/C14H21N3O/c15-13-6-2-1-5-12(13)11-14(18)16-7-10-17-8-3-4-9-17/h1-2,5-6H,3-4,7-11,15H2,(H,16,18). The van der Waals surface area contributed by atoms with Gasteiger partial charge in [0, 0.05) is 18.8 Å². The molecular formula is C14H21N3O. The van der Waals surface area contributed by atoms with Crippen molar-refractivity contribution in [3.63, 3.8) is 0 Å². The fourth-order valence-corrected chi connectivity index (χ4v) is 2.29. The first-order valence-electron chi connectivity index (χ1n) is 6.58. The third kappa shape index (κ3) is 3.74. The van der Waals surface area contributed by atoms with E-state index in [1.165, 1.54) is 25.9 Å². The molecule has 1 aliphatic rings. The van der Waals surface area contributed by atoms with Crippen LogP contribution < -0.4 is 11.1 Å². The predicted octanol–water partition coefficient (Wildman–Crippen LogP) is 1.02. The molecule has 0 atom stereocenters. The molecule has 1 aliphatic heterocycles. The Labute approximate surface area is 108 Å². The number of amides is 1. The van der Waals surface area contributed by atoms with Crippen LogP contribution in [-0.4, -0.2) is 37.0 Å². The van der Waals surface area contributed by atoms with Gasteiger partial charge in [0.25, 0.3) is 0 Å². The van der Waals surface area contributed by atoms with Crippen LogP contribution in [0.1, 0.15) is 18.4 Å². The molecule has 1 fully saturated rings. The molecule has 2 rings (SSSR count). The zero-order chi connectivity index (χ0) is 12.8. The van der Waals surface area contributed by atoms with Crippen LogP contribution in [0.3, 0.4) is 0 Å². The van der Waals surface area contributed by atoms with Crippen molar-refractivity contribution in [1.29, 1.82) is 0 Å². The molecule has 0 spiro atoms. The number of nitrogens with zero attached hydrogens (tertiary/aromatic N) is 1. The number of anilines is 1. The van der Waals surface area contributed by atoms with E-state index in [0.29, 0.717) is 12.1 Å². The summed E-state index contributed by atoms with van der Waals surface area (Å²) in [5.41, 5.74) is 7.40. The SMILES string of the molecule is Nc1ccccc1CC(=O)NCCN1CCCC1. The number of nitrogens with two attached hydrogens (primary N) is 1. The van der Waals surface area contributed by atoms with Crippen molar-refractivity contribution in [3.05, 3.63) is 29.8 Å². The van der Waals surface area contributed by atoms with Gasteiger partial charge < -0.3 is 16.0 Å². The first kappa shape index (κ1) is 12.9. The van der Waals surface area contributed by atoms with E-state index in [-0.39, 0.29) is 5.91 Å². The second-order valence-corrected chi connectivity index (χ2v) is 4.77. The molecule has 98 valence electrons. The van der Waals surface area contributed by atoms with E-state index in [9.17, 15) is 4.79 Å². The summed E-state index contributed by atoms with van der Waals surface area (Å²) in [7, 11) is 0. The maximum Gasteiger partial charge on any atom is 0.224 e. The summed E-state index contributed by atoms with van der Waals surface area (Å²) in [6.07, 6.45) is 2.94. The van der Waals surface area contributed by atoms with E-state index in [2.05, 4.69) is 10.2 Å². The minimum Gasteiger partial charge on any atom is -0.398 e. The fourth-order valence-electron chi connectivity index (χ4n) is 2.29. The molecular weight excluding hydrogens is 226 g/mol. The van der Waals surface area contributed by atoms with Crippen molar-refractivity contribution in [2.24, 2.45) is 0 Å². The third-order valence-corrected chi connectivity index (χ3v) is 3.35. The lowest BCUT2D eigenvalue weighted by Crippen LogP contribution is -2.34. The normalized spacial score (nSPS) is 15.8. The van der Waals surface area contributed by atoms with Crippen LogP contribution in [-0.2, 0) is 11.2 Å². The molecule has 0 bridgehead atoms. The molecule has 18 heavy (non-hydrogen) atoms. The van der Waals surface area contributed by atoms with Crippen LogP contribution in [0.15, 0.2) is 24.3 Å². The minimum absolute atomic E-state index is 0.0482. The molecule has 4 heteroatoms. The number of carbonyl (C=O) groups excluding carboxylic acids is 1. The van der Waals surface area contributed by atoms with Crippen molar-refractivity contribution < 1.29 is 4.79 Å². The van der Waals surface area contributed by atoms with E-state index in [4.69, 9.17) is 5.73 Å². The van der Waals surface area contributed by atoms with Gasteiger partial charge in [0.15, 0.2) is 0 Å². The van der Waals surface area contributed by atoms with Crippen LogP contribution in [0.2, 0.25) is 0 Å². The lowest BCUT2D eigenvalue weighted by atomic mass is 10.1. The molecule has 1 amide bonds. The predicted molar refractivity (Wildman–Crippen MR) is 73.2 cm³/mol. The monoisotopic (exact) mass is 247 g/mol. The smallest absolute Gasteiger partial charge is 0.224 e. The Morgan fingerprint density at radius 3 is 2.72 bits per heavy atom. The molecule has 1 saturated heterocycles. The van der Waals surface area contributed by atoms with Gasteiger partial charge in [0.05, 0.1) is 6.42 Å². The molecule has 0 radical (unpaired) electrons. The number of nitrogen functional groups attached to an aromatic ring is 1. The van der Waals surface area contributed by atoms with Gasteiger partial charge in [-0.25, -0.2) is 0 Å². The van der Waals surface area contributed by atoms with E-state index < -0.39 is 0 Å².